The smallest absolute Gasteiger partial charge is 0.0727 e. The maximum atomic E-state index is 3.87. The van der Waals surface area contributed by atoms with Crippen molar-refractivity contribution in [3.8, 4) is 22.3 Å². The number of para-hydroxylation sites is 1. The van der Waals surface area contributed by atoms with Gasteiger partial charge in [0.2, 0.25) is 0 Å². The van der Waals surface area contributed by atoms with Gasteiger partial charge in [-0.15, -0.1) is 0 Å². The third-order valence-electron chi connectivity index (χ3n) is 10.2. The molecule has 2 aliphatic carbocycles. The predicted octanol–water partition coefficient (Wildman–Crippen LogP) is 12.0. The molecule has 0 bridgehead atoms. The number of fused-ring (bicyclic) bond motifs is 12. The lowest BCUT2D eigenvalue weighted by Gasteiger charge is -2.31. The van der Waals surface area contributed by atoms with E-state index in [2.05, 4.69) is 183 Å². The van der Waals surface area contributed by atoms with Gasteiger partial charge in [-0.2, -0.15) is 0 Å². The minimum absolute atomic E-state index is 0.106. The molecule has 226 valence electrons. The van der Waals surface area contributed by atoms with E-state index in [0.29, 0.717) is 0 Å². The van der Waals surface area contributed by atoms with Crippen molar-refractivity contribution < 1.29 is 0 Å². The summed E-state index contributed by atoms with van der Waals surface area (Å²) in [5.41, 5.74) is 15.9. The van der Waals surface area contributed by atoms with Gasteiger partial charge in [0.05, 0.1) is 5.41 Å². The molecular formula is C45H36N2. The first-order chi connectivity index (χ1) is 22.9. The summed E-state index contributed by atoms with van der Waals surface area (Å²) in [5.74, 6) is 0. The summed E-state index contributed by atoms with van der Waals surface area (Å²) in [6.45, 7) is 6.79. The second kappa shape index (κ2) is 10.2. The number of hydrogen-bond donors (Lipinski definition) is 2. The van der Waals surface area contributed by atoms with Crippen LogP contribution in [-0.2, 0) is 10.8 Å². The van der Waals surface area contributed by atoms with Crippen molar-refractivity contribution in [3.63, 3.8) is 0 Å². The van der Waals surface area contributed by atoms with E-state index in [1.807, 2.05) is 0 Å². The standard InChI is InChI=1S/C45H36N2/c1-44(2,3)29-21-23-31(24-22-29)47-42-28-41-43(36-18-8-7-17-35(36)42)37-26-25-32(46-30-13-5-4-6-14-30)27-40(37)45(41)38-19-11-9-15-33(38)34-16-10-12-20-39(34)45/h4-28,46-47H,1-3H3. The highest BCUT2D eigenvalue weighted by Gasteiger charge is 2.52. The Bertz CT molecular complexity index is 2280. The van der Waals surface area contributed by atoms with E-state index in [1.54, 1.807) is 0 Å². The molecule has 0 saturated heterocycles. The molecule has 47 heavy (non-hydrogen) atoms. The molecule has 2 aliphatic rings. The molecule has 2 N–H and O–H groups in total. The van der Waals surface area contributed by atoms with Crippen LogP contribution in [0.4, 0.5) is 22.7 Å². The first kappa shape index (κ1) is 27.7. The molecule has 0 aliphatic heterocycles. The quantitative estimate of drug-likeness (QED) is 0.209. The maximum Gasteiger partial charge on any atom is 0.0727 e. The molecule has 0 saturated carbocycles. The number of hydrogen-bond acceptors (Lipinski definition) is 2. The van der Waals surface area contributed by atoms with E-state index in [-0.39, 0.29) is 5.41 Å². The average molecular weight is 605 g/mol. The number of benzene rings is 7. The molecule has 2 nitrogen and oxygen atoms in total. The van der Waals surface area contributed by atoms with Crippen LogP contribution in [0.3, 0.4) is 0 Å². The van der Waals surface area contributed by atoms with Crippen molar-refractivity contribution in [2.24, 2.45) is 0 Å². The molecule has 0 fully saturated rings. The lowest BCUT2D eigenvalue weighted by Crippen LogP contribution is -2.26. The van der Waals surface area contributed by atoms with Gasteiger partial charge in [0.25, 0.3) is 0 Å². The molecule has 0 unspecified atom stereocenters. The molecule has 7 aromatic rings. The fourth-order valence-corrected chi connectivity index (χ4v) is 8.07. The summed E-state index contributed by atoms with van der Waals surface area (Å²) >= 11 is 0. The van der Waals surface area contributed by atoms with Gasteiger partial charge in [0.15, 0.2) is 0 Å². The molecule has 7 aromatic carbocycles. The Kier molecular flexibility index (Phi) is 6.01. The summed E-state index contributed by atoms with van der Waals surface area (Å²) in [6, 6.07) is 55.7. The highest BCUT2D eigenvalue weighted by molar-refractivity contribution is 6.11. The van der Waals surface area contributed by atoms with Gasteiger partial charge in [0.1, 0.15) is 0 Å². The Morgan fingerprint density at radius 1 is 0.426 bits per heavy atom. The number of rotatable bonds is 4. The molecule has 0 heterocycles. The lowest BCUT2D eigenvalue weighted by molar-refractivity contribution is 0.590. The topological polar surface area (TPSA) is 24.1 Å². The van der Waals surface area contributed by atoms with Gasteiger partial charge in [-0.05, 0) is 103 Å². The summed E-state index contributed by atoms with van der Waals surface area (Å²) < 4.78 is 0. The van der Waals surface area contributed by atoms with Crippen molar-refractivity contribution in [1.82, 2.24) is 0 Å². The minimum atomic E-state index is -0.456. The summed E-state index contributed by atoms with van der Waals surface area (Å²) in [4.78, 5) is 0. The van der Waals surface area contributed by atoms with E-state index >= 15 is 0 Å². The SMILES string of the molecule is CC(C)(C)c1ccc(Nc2cc3c(c4ccccc24)-c2ccc(Nc4ccccc4)cc2C32c3ccccc3-c3ccccc32)cc1. The summed E-state index contributed by atoms with van der Waals surface area (Å²) in [6.07, 6.45) is 0. The molecule has 2 heteroatoms. The fraction of sp³-hybridized carbons (Fsp3) is 0.111. The Balaban J connectivity index is 1.32. The van der Waals surface area contributed by atoms with Crippen LogP contribution in [0.15, 0.2) is 152 Å². The Morgan fingerprint density at radius 3 is 1.68 bits per heavy atom. The van der Waals surface area contributed by atoms with Gasteiger partial charge < -0.3 is 10.6 Å². The van der Waals surface area contributed by atoms with Crippen LogP contribution in [0.1, 0.15) is 48.6 Å². The van der Waals surface area contributed by atoms with Crippen LogP contribution in [0.2, 0.25) is 0 Å². The van der Waals surface area contributed by atoms with Crippen LogP contribution in [0, 0.1) is 0 Å². The zero-order valence-corrected chi connectivity index (χ0v) is 26.9. The predicted molar refractivity (Wildman–Crippen MR) is 198 cm³/mol. The Morgan fingerprint density at radius 2 is 1.00 bits per heavy atom. The first-order valence-corrected chi connectivity index (χ1v) is 16.5. The first-order valence-electron chi connectivity index (χ1n) is 16.5. The van der Waals surface area contributed by atoms with Gasteiger partial charge in [-0.25, -0.2) is 0 Å². The van der Waals surface area contributed by atoms with E-state index in [9.17, 15) is 0 Å². The van der Waals surface area contributed by atoms with E-state index < -0.39 is 5.41 Å². The van der Waals surface area contributed by atoms with Crippen LogP contribution < -0.4 is 10.6 Å². The van der Waals surface area contributed by atoms with Gasteiger partial charge in [0, 0.05) is 28.1 Å². The molecule has 9 rings (SSSR count). The average Bonchev–Trinajstić information content (AvgIpc) is 3.56. The summed E-state index contributed by atoms with van der Waals surface area (Å²) in [5, 5.41) is 10.1. The van der Waals surface area contributed by atoms with Crippen molar-refractivity contribution >= 4 is 33.5 Å². The van der Waals surface area contributed by atoms with E-state index in [4.69, 9.17) is 0 Å². The normalized spacial score (nSPS) is 13.6. The van der Waals surface area contributed by atoms with Gasteiger partial charge in [-0.1, -0.05) is 130 Å². The van der Waals surface area contributed by atoms with Crippen LogP contribution in [0.5, 0.6) is 0 Å². The second-order valence-corrected chi connectivity index (χ2v) is 13.9. The molecule has 0 atom stereocenters. The Labute approximate surface area is 276 Å². The van der Waals surface area contributed by atoms with Crippen molar-refractivity contribution in [2.75, 3.05) is 10.6 Å². The fourth-order valence-electron chi connectivity index (χ4n) is 8.07. The summed E-state index contributed by atoms with van der Waals surface area (Å²) in [7, 11) is 0. The molecule has 1 spiro atoms. The third kappa shape index (κ3) is 4.11. The minimum Gasteiger partial charge on any atom is -0.356 e. The van der Waals surface area contributed by atoms with Crippen molar-refractivity contribution in [3.05, 3.63) is 179 Å². The van der Waals surface area contributed by atoms with Gasteiger partial charge >= 0.3 is 0 Å². The Hall–Kier alpha value is -5.60. The van der Waals surface area contributed by atoms with Crippen LogP contribution in [0.25, 0.3) is 33.0 Å². The molecular weight excluding hydrogens is 569 g/mol. The number of nitrogens with one attached hydrogen (secondary N) is 2. The zero-order valence-electron chi connectivity index (χ0n) is 26.9. The zero-order chi connectivity index (χ0) is 31.8. The van der Waals surface area contributed by atoms with Crippen LogP contribution in [-0.4, -0.2) is 0 Å². The third-order valence-corrected chi connectivity index (χ3v) is 10.2. The maximum absolute atomic E-state index is 3.87. The monoisotopic (exact) mass is 604 g/mol. The molecule has 0 amide bonds. The molecule has 0 radical (unpaired) electrons. The van der Waals surface area contributed by atoms with E-state index in [1.165, 1.54) is 60.8 Å². The highest BCUT2D eigenvalue weighted by Crippen LogP contribution is 2.64. The molecule has 0 aromatic heterocycles. The van der Waals surface area contributed by atoms with Gasteiger partial charge in [-0.3, -0.25) is 0 Å². The van der Waals surface area contributed by atoms with Crippen LogP contribution >= 0.6 is 0 Å². The van der Waals surface area contributed by atoms with Crippen molar-refractivity contribution in [2.45, 2.75) is 31.6 Å². The van der Waals surface area contributed by atoms with E-state index in [0.717, 1.165) is 22.7 Å². The highest BCUT2D eigenvalue weighted by atomic mass is 14.9. The van der Waals surface area contributed by atoms with Crippen molar-refractivity contribution in [1.29, 1.82) is 0 Å². The lowest BCUT2D eigenvalue weighted by atomic mass is 9.70. The largest absolute Gasteiger partial charge is 0.356 e. The second-order valence-electron chi connectivity index (χ2n) is 13.9. The number of anilines is 4.